The number of ether oxygens (including phenoxy) is 1. The van der Waals surface area contributed by atoms with E-state index >= 15 is 0 Å². The van der Waals surface area contributed by atoms with Gasteiger partial charge in [0.25, 0.3) is 0 Å². The highest BCUT2D eigenvalue weighted by Crippen LogP contribution is 2.32. The third-order valence-corrected chi connectivity index (χ3v) is 3.82. The molecular weight excluding hydrogens is 290 g/mol. The third-order valence-electron chi connectivity index (χ3n) is 3.82. The zero-order chi connectivity index (χ0) is 16.4. The lowest BCUT2D eigenvalue weighted by molar-refractivity contribution is 0.0547. The first-order valence-electron chi connectivity index (χ1n) is 8.02. The van der Waals surface area contributed by atoms with Crippen molar-refractivity contribution in [2.24, 2.45) is 4.99 Å². The molecule has 1 aliphatic carbocycles. The summed E-state index contributed by atoms with van der Waals surface area (Å²) in [7, 11) is 0. The fourth-order valence-electron chi connectivity index (χ4n) is 2.81. The number of rotatable bonds is 2. The summed E-state index contributed by atoms with van der Waals surface area (Å²) in [5, 5.41) is 6.14. The van der Waals surface area contributed by atoms with E-state index in [0.717, 1.165) is 42.9 Å². The average molecular weight is 313 g/mol. The summed E-state index contributed by atoms with van der Waals surface area (Å²) in [5.74, 6) is 0. The Bertz CT molecular complexity index is 673. The quantitative estimate of drug-likeness (QED) is 0.824. The van der Waals surface area contributed by atoms with Gasteiger partial charge in [0.05, 0.1) is 5.71 Å². The summed E-state index contributed by atoms with van der Waals surface area (Å²) in [6, 6.07) is 0. The van der Waals surface area contributed by atoms with Gasteiger partial charge in [0.15, 0.2) is 0 Å². The molecule has 0 atom stereocenters. The van der Waals surface area contributed by atoms with Crippen molar-refractivity contribution >= 4 is 11.8 Å². The van der Waals surface area contributed by atoms with Gasteiger partial charge in [-0.3, -0.25) is 10.3 Å². The van der Waals surface area contributed by atoms with Crippen molar-refractivity contribution in [3.05, 3.63) is 46.8 Å². The fraction of sp³-hybridized carbons (Fsp3) is 0.444. The SMILES string of the molecule is CC(C)(C)OC(=O)NC1=CCC2=NC=C(C3=CCNCC3)C2=C1. The molecule has 2 heterocycles. The summed E-state index contributed by atoms with van der Waals surface area (Å²) in [4.78, 5) is 16.5. The molecule has 0 aromatic rings. The first-order valence-corrected chi connectivity index (χ1v) is 8.02. The number of nitrogens with zero attached hydrogens (tertiary/aromatic N) is 1. The molecule has 3 rings (SSSR count). The molecule has 2 aliphatic heterocycles. The summed E-state index contributed by atoms with van der Waals surface area (Å²) in [5.41, 5.74) is 4.96. The number of hydrogen-bond donors (Lipinski definition) is 2. The fourth-order valence-corrected chi connectivity index (χ4v) is 2.81. The monoisotopic (exact) mass is 313 g/mol. The van der Waals surface area contributed by atoms with Crippen LogP contribution in [0.3, 0.4) is 0 Å². The molecule has 5 heteroatoms. The molecule has 0 fully saturated rings. The van der Waals surface area contributed by atoms with E-state index in [4.69, 9.17) is 4.74 Å². The number of amides is 1. The van der Waals surface area contributed by atoms with Crippen LogP contribution < -0.4 is 10.6 Å². The van der Waals surface area contributed by atoms with Crippen molar-refractivity contribution in [2.45, 2.75) is 39.2 Å². The van der Waals surface area contributed by atoms with E-state index in [-0.39, 0.29) is 0 Å². The number of carbonyl (C=O) groups is 1. The molecule has 0 unspecified atom stereocenters. The maximum Gasteiger partial charge on any atom is 0.412 e. The maximum absolute atomic E-state index is 11.9. The average Bonchev–Trinajstić information content (AvgIpc) is 2.89. The first-order chi connectivity index (χ1) is 10.9. The van der Waals surface area contributed by atoms with Gasteiger partial charge < -0.3 is 10.1 Å². The van der Waals surface area contributed by atoms with Crippen LogP contribution in [0, 0.1) is 0 Å². The van der Waals surface area contributed by atoms with Crippen molar-refractivity contribution < 1.29 is 9.53 Å². The van der Waals surface area contributed by atoms with Gasteiger partial charge in [-0.05, 0) is 45.4 Å². The lowest BCUT2D eigenvalue weighted by Crippen LogP contribution is -2.32. The van der Waals surface area contributed by atoms with Gasteiger partial charge in [-0.1, -0.05) is 12.2 Å². The smallest absolute Gasteiger partial charge is 0.412 e. The van der Waals surface area contributed by atoms with Crippen LogP contribution in [0.1, 0.15) is 33.6 Å². The topological polar surface area (TPSA) is 62.7 Å². The molecule has 0 aromatic carbocycles. The minimum Gasteiger partial charge on any atom is -0.444 e. The zero-order valence-electron chi connectivity index (χ0n) is 13.9. The Morgan fingerprint density at radius 1 is 1.30 bits per heavy atom. The predicted molar refractivity (Wildman–Crippen MR) is 91.2 cm³/mol. The Labute approximate surface area is 136 Å². The van der Waals surface area contributed by atoms with Crippen molar-refractivity contribution in [3.63, 3.8) is 0 Å². The summed E-state index contributed by atoms with van der Waals surface area (Å²) < 4.78 is 5.31. The van der Waals surface area contributed by atoms with Crippen LogP contribution in [-0.2, 0) is 4.74 Å². The van der Waals surface area contributed by atoms with Gasteiger partial charge in [-0.15, -0.1) is 0 Å². The van der Waals surface area contributed by atoms with Gasteiger partial charge >= 0.3 is 6.09 Å². The largest absolute Gasteiger partial charge is 0.444 e. The molecule has 0 bridgehead atoms. The van der Waals surface area contributed by atoms with E-state index in [1.54, 1.807) is 0 Å². The summed E-state index contributed by atoms with van der Waals surface area (Å²) >= 11 is 0. The Morgan fingerprint density at radius 3 is 2.83 bits per heavy atom. The van der Waals surface area contributed by atoms with Gasteiger partial charge in [0, 0.05) is 36.0 Å². The highest BCUT2D eigenvalue weighted by molar-refractivity contribution is 6.09. The molecule has 0 saturated carbocycles. The molecule has 0 spiro atoms. The van der Waals surface area contributed by atoms with Gasteiger partial charge in [0.1, 0.15) is 5.60 Å². The van der Waals surface area contributed by atoms with Crippen molar-refractivity contribution in [2.75, 3.05) is 13.1 Å². The first kappa shape index (κ1) is 15.7. The predicted octanol–water partition coefficient (Wildman–Crippen LogP) is 2.98. The van der Waals surface area contributed by atoms with Crippen LogP contribution in [-0.4, -0.2) is 30.5 Å². The number of aliphatic imine (C=N–C) groups is 1. The van der Waals surface area contributed by atoms with Gasteiger partial charge in [-0.2, -0.15) is 0 Å². The second-order valence-corrected chi connectivity index (χ2v) is 6.85. The van der Waals surface area contributed by atoms with Crippen LogP contribution in [0.15, 0.2) is 51.8 Å². The lowest BCUT2D eigenvalue weighted by Gasteiger charge is -2.22. The van der Waals surface area contributed by atoms with E-state index in [1.807, 2.05) is 39.1 Å². The van der Waals surface area contributed by atoms with Crippen molar-refractivity contribution in [1.29, 1.82) is 0 Å². The standard InChI is InChI=1S/C18H23N3O2/c1-18(2,3)23-17(22)21-13-4-5-16-14(10-13)15(11-20-16)12-6-8-19-9-7-12/h4,6,10-11,19H,5,7-9H2,1-3H3,(H,21,22). The zero-order valence-corrected chi connectivity index (χ0v) is 13.9. The van der Waals surface area contributed by atoms with Crippen LogP contribution in [0.4, 0.5) is 4.79 Å². The lowest BCUT2D eigenvalue weighted by atomic mass is 9.89. The molecule has 3 aliphatic rings. The minimum absolute atomic E-state index is 0.425. The van der Waals surface area contributed by atoms with Crippen LogP contribution in [0.25, 0.3) is 0 Å². The van der Waals surface area contributed by atoms with Crippen LogP contribution in [0.2, 0.25) is 0 Å². The normalized spacial score (nSPS) is 20.6. The van der Waals surface area contributed by atoms with Crippen LogP contribution >= 0.6 is 0 Å². The summed E-state index contributed by atoms with van der Waals surface area (Å²) in [6.45, 7) is 7.45. The second kappa shape index (κ2) is 6.16. The maximum atomic E-state index is 11.9. The molecule has 5 nitrogen and oxygen atoms in total. The van der Waals surface area contributed by atoms with E-state index in [1.165, 1.54) is 11.1 Å². The number of alkyl carbamates (subject to hydrolysis) is 1. The van der Waals surface area contributed by atoms with Gasteiger partial charge in [0.2, 0.25) is 0 Å². The molecule has 23 heavy (non-hydrogen) atoms. The Balaban J connectivity index is 1.73. The van der Waals surface area contributed by atoms with E-state index in [2.05, 4.69) is 21.7 Å². The van der Waals surface area contributed by atoms with Gasteiger partial charge in [-0.25, -0.2) is 4.79 Å². The minimum atomic E-state index is -0.503. The third kappa shape index (κ3) is 3.79. The van der Waals surface area contributed by atoms with E-state index in [9.17, 15) is 4.79 Å². The number of fused-ring (bicyclic) bond motifs is 1. The molecule has 1 amide bonds. The van der Waals surface area contributed by atoms with Crippen molar-refractivity contribution in [3.8, 4) is 0 Å². The van der Waals surface area contributed by atoms with E-state index in [0.29, 0.717) is 0 Å². The molecule has 0 radical (unpaired) electrons. The number of hydrogen-bond acceptors (Lipinski definition) is 4. The molecule has 122 valence electrons. The molecular formula is C18H23N3O2. The molecule has 0 saturated heterocycles. The number of nitrogens with one attached hydrogen (secondary N) is 2. The number of carbonyl (C=O) groups excluding carboxylic acids is 1. The Hall–Kier alpha value is -2.14. The highest BCUT2D eigenvalue weighted by atomic mass is 16.6. The summed E-state index contributed by atoms with van der Waals surface area (Å²) in [6.07, 6.45) is 9.43. The van der Waals surface area contributed by atoms with E-state index < -0.39 is 11.7 Å². The number of allylic oxidation sites excluding steroid dienone is 4. The Morgan fingerprint density at radius 2 is 2.13 bits per heavy atom. The highest BCUT2D eigenvalue weighted by Gasteiger charge is 2.24. The second-order valence-electron chi connectivity index (χ2n) is 6.85. The molecule has 2 N–H and O–H groups in total. The Kier molecular flexibility index (Phi) is 4.22. The van der Waals surface area contributed by atoms with Crippen LogP contribution in [0.5, 0.6) is 0 Å². The molecule has 0 aromatic heterocycles. The van der Waals surface area contributed by atoms with Crippen molar-refractivity contribution in [1.82, 2.24) is 10.6 Å².